The molecule has 0 spiro atoms. The Kier molecular flexibility index (Phi) is 2.18. The Morgan fingerprint density at radius 2 is 2.31 bits per heavy atom. The zero-order valence-electron chi connectivity index (χ0n) is 8.27. The summed E-state index contributed by atoms with van der Waals surface area (Å²) in [4.78, 5) is 15.3. The Hall–Kier alpha value is -1.75. The minimum Gasteiger partial charge on any atom is -0.437 e. The number of carbonyl (C=O) groups excluding carboxylic acids is 1. The SMILES string of the molecule is O=C1CS/C(=C\c2nc3ccccc3o2)N1. The minimum atomic E-state index is 0.0207. The van der Waals surface area contributed by atoms with Gasteiger partial charge in [-0.25, -0.2) is 4.98 Å². The first-order valence-electron chi connectivity index (χ1n) is 4.81. The van der Waals surface area contributed by atoms with Crippen LogP contribution in [0.15, 0.2) is 33.7 Å². The lowest BCUT2D eigenvalue weighted by molar-refractivity contribution is -0.117. The van der Waals surface area contributed by atoms with Gasteiger partial charge in [0.2, 0.25) is 11.8 Å². The molecule has 80 valence electrons. The number of nitrogens with one attached hydrogen (secondary N) is 1. The molecule has 2 heterocycles. The topological polar surface area (TPSA) is 55.1 Å². The summed E-state index contributed by atoms with van der Waals surface area (Å²) in [7, 11) is 0. The van der Waals surface area contributed by atoms with Crippen molar-refractivity contribution >= 4 is 34.8 Å². The second kappa shape index (κ2) is 3.68. The van der Waals surface area contributed by atoms with Crippen LogP contribution in [0.4, 0.5) is 0 Å². The average molecular weight is 232 g/mol. The van der Waals surface area contributed by atoms with E-state index < -0.39 is 0 Å². The molecule has 0 saturated carbocycles. The second-order valence-electron chi connectivity index (χ2n) is 3.37. The zero-order chi connectivity index (χ0) is 11.0. The van der Waals surface area contributed by atoms with E-state index in [0.717, 1.165) is 16.1 Å². The lowest BCUT2D eigenvalue weighted by Crippen LogP contribution is -2.13. The number of nitrogens with zero attached hydrogens (tertiary/aromatic N) is 1. The third kappa shape index (κ3) is 1.69. The van der Waals surface area contributed by atoms with E-state index in [9.17, 15) is 4.79 Å². The molecule has 1 fully saturated rings. The number of oxazole rings is 1. The molecule has 4 nitrogen and oxygen atoms in total. The van der Waals surface area contributed by atoms with Crippen LogP contribution in [-0.4, -0.2) is 16.6 Å². The van der Waals surface area contributed by atoms with Crippen LogP contribution in [0.25, 0.3) is 17.2 Å². The first-order valence-corrected chi connectivity index (χ1v) is 5.80. The number of para-hydroxylation sites is 2. The van der Waals surface area contributed by atoms with Gasteiger partial charge in [0.1, 0.15) is 5.52 Å². The van der Waals surface area contributed by atoms with Crippen molar-refractivity contribution in [1.29, 1.82) is 0 Å². The second-order valence-corrected chi connectivity index (χ2v) is 4.38. The number of amides is 1. The largest absolute Gasteiger partial charge is 0.437 e. The van der Waals surface area contributed by atoms with Crippen LogP contribution in [0, 0.1) is 0 Å². The maximum atomic E-state index is 11.0. The highest BCUT2D eigenvalue weighted by Gasteiger charge is 2.15. The lowest BCUT2D eigenvalue weighted by Gasteiger charge is -1.91. The summed E-state index contributed by atoms with van der Waals surface area (Å²) in [5, 5.41) is 3.52. The van der Waals surface area contributed by atoms with Crippen molar-refractivity contribution in [2.75, 3.05) is 5.75 Å². The van der Waals surface area contributed by atoms with Crippen molar-refractivity contribution in [3.63, 3.8) is 0 Å². The number of hydrogen-bond acceptors (Lipinski definition) is 4. The zero-order valence-corrected chi connectivity index (χ0v) is 9.08. The third-order valence-electron chi connectivity index (χ3n) is 2.19. The van der Waals surface area contributed by atoms with E-state index in [-0.39, 0.29) is 5.91 Å². The predicted octanol–water partition coefficient (Wildman–Crippen LogP) is 1.99. The van der Waals surface area contributed by atoms with E-state index in [1.165, 1.54) is 11.8 Å². The van der Waals surface area contributed by atoms with Gasteiger partial charge >= 0.3 is 0 Å². The molecule has 1 aromatic carbocycles. The Bertz CT molecular complexity index is 555. The van der Waals surface area contributed by atoms with E-state index >= 15 is 0 Å². The Morgan fingerprint density at radius 3 is 3.06 bits per heavy atom. The number of fused-ring (bicyclic) bond motifs is 1. The van der Waals surface area contributed by atoms with Gasteiger partial charge < -0.3 is 9.73 Å². The van der Waals surface area contributed by atoms with Crippen molar-refractivity contribution in [1.82, 2.24) is 10.3 Å². The maximum absolute atomic E-state index is 11.0. The normalized spacial score (nSPS) is 18.2. The molecule has 5 heteroatoms. The van der Waals surface area contributed by atoms with Crippen molar-refractivity contribution < 1.29 is 9.21 Å². The highest BCUT2D eigenvalue weighted by atomic mass is 32.2. The highest BCUT2D eigenvalue weighted by molar-refractivity contribution is 8.04. The summed E-state index contributed by atoms with van der Waals surface area (Å²) < 4.78 is 5.51. The minimum absolute atomic E-state index is 0.0207. The molecule has 3 rings (SSSR count). The molecule has 1 aliphatic rings. The number of aromatic nitrogens is 1. The standard InChI is InChI=1S/C11H8N2O2S/c14-9-6-16-11(13-9)5-10-12-7-3-1-2-4-8(7)15-10/h1-5H,6H2,(H,13,14)/b11-5-. The molecule has 0 radical (unpaired) electrons. The van der Waals surface area contributed by atoms with Gasteiger partial charge in [-0.05, 0) is 12.1 Å². The van der Waals surface area contributed by atoms with E-state index in [4.69, 9.17) is 4.42 Å². The molecule has 0 atom stereocenters. The summed E-state index contributed by atoms with van der Waals surface area (Å²) in [6.45, 7) is 0. The molecule has 1 saturated heterocycles. The van der Waals surface area contributed by atoms with E-state index in [2.05, 4.69) is 10.3 Å². The van der Waals surface area contributed by atoms with Crippen LogP contribution >= 0.6 is 11.8 Å². The molecule has 1 N–H and O–H groups in total. The average Bonchev–Trinajstić information content (AvgIpc) is 2.84. The first kappa shape index (κ1) is 9.47. The molecule has 0 bridgehead atoms. The van der Waals surface area contributed by atoms with E-state index in [0.29, 0.717) is 11.6 Å². The fraction of sp³-hybridized carbons (Fsp3) is 0.0909. The number of thioether (sulfide) groups is 1. The van der Waals surface area contributed by atoms with Crippen molar-refractivity contribution in [2.24, 2.45) is 0 Å². The maximum Gasteiger partial charge on any atom is 0.235 e. The smallest absolute Gasteiger partial charge is 0.235 e. The number of benzene rings is 1. The molecule has 1 aromatic heterocycles. The van der Waals surface area contributed by atoms with Crippen molar-refractivity contribution in [2.45, 2.75) is 0 Å². The Labute approximate surface area is 95.7 Å². The summed E-state index contributed by atoms with van der Waals surface area (Å²) >= 11 is 1.46. The molecule has 0 unspecified atom stereocenters. The van der Waals surface area contributed by atoms with Crippen LogP contribution in [0.5, 0.6) is 0 Å². The van der Waals surface area contributed by atoms with Gasteiger partial charge in [-0.2, -0.15) is 0 Å². The van der Waals surface area contributed by atoms with Gasteiger partial charge in [0.25, 0.3) is 0 Å². The number of carbonyl (C=O) groups is 1. The quantitative estimate of drug-likeness (QED) is 0.817. The highest BCUT2D eigenvalue weighted by Crippen LogP contribution is 2.23. The summed E-state index contributed by atoms with van der Waals surface area (Å²) in [6, 6.07) is 7.57. The van der Waals surface area contributed by atoms with Crippen LogP contribution in [-0.2, 0) is 4.79 Å². The molecular formula is C11H8N2O2S. The van der Waals surface area contributed by atoms with Crippen molar-refractivity contribution in [3.05, 3.63) is 35.2 Å². The molecule has 1 amide bonds. The monoisotopic (exact) mass is 232 g/mol. The summed E-state index contributed by atoms with van der Waals surface area (Å²) in [5.41, 5.74) is 1.58. The van der Waals surface area contributed by atoms with Gasteiger partial charge in [0.15, 0.2) is 5.58 Å². The fourth-order valence-electron chi connectivity index (χ4n) is 1.49. The molecular weight excluding hydrogens is 224 g/mol. The van der Waals surface area contributed by atoms with Crippen LogP contribution in [0.2, 0.25) is 0 Å². The van der Waals surface area contributed by atoms with Crippen molar-refractivity contribution in [3.8, 4) is 0 Å². The number of rotatable bonds is 1. The Balaban J connectivity index is 1.97. The van der Waals surface area contributed by atoms with E-state index in [1.54, 1.807) is 6.08 Å². The summed E-state index contributed by atoms with van der Waals surface area (Å²) in [5.74, 6) is 1.00. The fourth-order valence-corrected chi connectivity index (χ4v) is 2.22. The predicted molar refractivity (Wildman–Crippen MR) is 62.6 cm³/mol. The van der Waals surface area contributed by atoms with E-state index in [1.807, 2.05) is 24.3 Å². The summed E-state index contributed by atoms with van der Waals surface area (Å²) in [6.07, 6.45) is 1.75. The third-order valence-corrected chi connectivity index (χ3v) is 3.12. The molecule has 2 aromatic rings. The lowest BCUT2D eigenvalue weighted by atomic mass is 10.3. The van der Waals surface area contributed by atoms with Gasteiger partial charge in [-0.15, -0.1) is 0 Å². The molecule has 1 aliphatic heterocycles. The van der Waals surface area contributed by atoms with Gasteiger partial charge in [0.05, 0.1) is 10.8 Å². The van der Waals surface area contributed by atoms with Gasteiger partial charge in [-0.1, -0.05) is 23.9 Å². The molecule has 0 aliphatic carbocycles. The van der Waals surface area contributed by atoms with Crippen LogP contribution in [0.3, 0.4) is 0 Å². The van der Waals surface area contributed by atoms with Crippen LogP contribution < -0.4 is 5.32 Å². The first-order chi connectivity index (χ1) is 7.81. The van der Waals surface area contributed by atoms with Crippen LogP contribution in [0.1, 0.15) is 5.89 Å². The number of hydrogen-bond donors (Lipinski definition) is 1. The molecule has 16 heavy (non-hydrogen) atoms. The Morgan fingerprint density at radius 1 is 1.44 bits per heavy atom. The van der Waals surface area contributed by atoms with Gasteiger partial charge in [0, 0.05) is 6.08 Å². The van der Waals surface area contributed by atoms with Gasteiger partial charge in [-0.3, -0.25) is 4.79 Å².